The number of nitrogens with one attached hydrogen (secondary N) is 2. The van der Waals surface area contributed by atoms with Crippen LogP contribution in [0, 0.1) is 0 Å². The molecule has 1 aliphatic rings. The van der Waals surface area contributed by atoms with E-state index in [2.05, 4.69) is 10.6 Å². The summed E-state index contributed by atoms with van der Waals surface area (Å²) in [6.45, 7) is 3.08. The third-order valence-corrected chi connectivity index (χ3v) is 4.06. The van der Waals surface area contributed by atoms with Crippen LogP contribution in [0.2, 0.25) is 10.0 Å². The molecule has 1 unspecified atom stereocenters. The maximum atomic E-state index is 12.1. The van der Waals surface area contributed by atoms with Crippen LogP contribution in [0.5, 0.6) is 0 Å². The van der Waals surface area contributed by atoms with Crippen molar-refractivity contribution in [2.45, 2.75) is 25.2 Å². The second-order valence-electron chi connectivity index (χ2n) is 4.90. The number of rotatable bonds is 4. The zero-order valence-electron chi connectivity index (χ0n) is 12.0. The summed E-state index contributed by atoms with van der Waals surface area (Å²) in [6.07, 6.45) is -1.17. The number of carbonyl (C=O) groups excluding carboxylic acids is 1. The van der Waals surface area contributed by atoms with Gasteiger partial charge >= 0.3 is 0 Å². The lowest BCUT2D eigenvalue weighted by atomic mass is 10.1. The molecule has 0 bridgehead atoms. The van der Waals surface area contributed by atoms with Crippen molar-refractivity contribution in [3.8, 4) is 0 Å². The molecule has 124 valence electrons. The first-order valence-electron chi connectivity index (χ1n) is 6.75. The Balaban J connectivity index is 0.00000242. The minimum atomic E-state index is -0.963. The normalized spacial score (nSPS) is 22.5. The zero-order chi connectivity index (χ0) is 15.4. The number of carbonyl (C=O) groups is 1. The molecule has 22 heavy (non-hydrogen) atoms. The van der Waals surface area contributed by atoms with Crippen molar-refractivity contribution in [2.24, 2.45) is 0 Å². The van der Waals surface area contributed by atoms with E-state index in [-0.39, 0.29) is 31.0 Å². The van der Waals surface area contributed by atoms with E-state index in [1.165, 1.54) is 0 Å². The van der Waals surface area contributed by atoms with E-state index in [0.29, 0.717) is 28.8 Å². The molecule has 1 aromatic carbocycles. The molecule has 1 saturated heterocycles. The number of hydrogen-bond donors (Lipinski definition) is 3. The van der Waals surface area contributed by atoms with E-state index in [1.807, 2.05) is 6.92 Å². The predicted octanol–water partition coefficient (Wildman–Crippen LogP) is 1.94. The van der Waals surface area contributed by atoms with Gasteiger partial charge in [0, 0.05) is 28.7 Å². The second kappa shape index (κ2) is 8.91. The Morgan fingerprint density at radius 1 is 1.50 bits per heavy atom. The van der Waals surface area contributed by atoms with Gasteiger partial charge < -0.3 is 20.5 Å². The molecular weight excluding hydrogens is 351 g/mol. The van der Waals surface area contributed by atoms with E-state index >= 15 is 0 Å². The fourth-order valence-electron chi connectivity index (χ4n) is 2.27. The highest BCUT2D eigenvalue weighted by atomic mass is 35.5. The van der Waals surface area contributed by atoms with Gasteiger partial charge in [-0.25, -0.2) is 0 Å². The highest BCUT2D eigenvalue weighted by molar-refractivity contribution is 6.36. The van der Waals surface area contributed by atoms with Crippen LogP contribution in [0.25, 0.3) is 0 Å². The number of benzene rings is 1. The second-order valence-corrected chi connectivity index (χ2v) is 5.72. The van der Waals surface area contributed by atoms with Gasteiger partial charge in [-0.2, -0.15) is 0 Å². The van der Waals surface area contributed by atoms with Crippen molar-refractivity contribution < 1.29 is 14.6 Å². The SMILES string of the molecule is C[C@H]1OCCN[C@@H]1C(=O)NCC(O)c1c(Cl)cccc1Cl.Cl. The lowest BCUT2D eigenvalue weighted by molar-refractivity contribution is -0.129. The standard InChI is InChI=1S/C14H18Cl2N2O3.ClH/c1-8-13(17-5-6-21-8)14(20)18-7-11(19)12-9(15)3-2-4-10(12)16;/h2-4,8,11,13,17,19H,5-7H2,1H3,(H,18,20);1H/t8-,11?,13+;/m1./s1. The summed E-state index contributed by atoms with van der Waals surface area (Å²) in [7, 11) is 0. The van der Waals surface area contributed by atoms with Crippen LogP contribution in [0.15, 0.2) is 18.2 Å². The van der Waals surface area contributed by atoms with Crippen LogP contribution >= 0.6 is 35.6 Å². The van der Waals surface area contributed by atoms with Crippen molar-refractivity contribution in [1.82, 2.24) is 10.6 Å². The number of aliphatic hydroxyl groups is 1. The van der Waals surface area contributed by atoms with Crippen LogP contribution in [-0.2, 0) is 9.53 Å². The highest BCUT2D eigenvalue weighted by Gasteiger charge is 2.28. The Hall–Kier alpha value is -0.560. The maximum Gasteiger partial charge on any atom is 0.239 e. The average molecular weight is 370 g/mol. The van der Waals surface area contributed by atoms with Crippen molar-refractivity contribution in [2.75, 3.05) is 19.7 Å². The van der Waals surface area contributed by atoms with Crippen LogP contribution in [0.1, 0.15) is 18.6 Å². The zero-order valence-corrected chi connectivity index (χ0v) is 14.3. The third-order valence-electron chi connectivity index (χ3n) is 3.40. The molecular formula is C14H19Cl3N2O3. The Kier molecular flexibility index (Phi) is 7.89. The minimum absolute atomic E-state index is 0. The largest absolute Gasteiger partial charge is 0.386 e. The first kappa shape index (κ1) is 19.5. The molecule has 1 fully saturated rings. The van der Waals surface area contributed by atoms with E-state index in [0.717, 1.165) is 0 Å². The smallest absolute Gasteiger partial charge is 0.239 e. The van der Waals surface area contributed by atoms with Crippen LogP contribution in [0.4, 0.5) is 0 Å². The van der Waals surface area contributed by atoms with Gasteiger partial charge in [0.2, 0.25) is 5.91 Å². The summed E-state index contributed by atoms with van der Waals surface area (Å²) < 4.78 is 5.41. The van der Waals surface area contributed by atoms with Gasteiger partial charge in [0.1, 0.15) is 6.04 Å². The van der Waals surface area contributed by atoms with Crippen LogP contribution < -0.4 is 10.6 Å². The fourth-order valence-corrected chi connectivity index (χ4v) is 2.91. The van der Waals surface area contributed by atoms with Crippen molar-refractivity contribution in [1.29, 1.82) is 0 Å². The Bertz CT molecular complexity index is 496. The van der Waals surface area contributed by atoms with E-state index in [1.54, 1.807) is 18.2 Å². The maximum absolute atomic E-state index is 12.1. The van der Waals surface area contributed by atoms with E-state index in [9.17, 15) is 9.90 Å². The number of morpholine rings is 1. The van der Waals surface area contributed by atoms with Crippen molar-refractivity contribution in [3.63, 3.8) is 0 Å². The van der Waals surface area contributed by atoms with Crippen molar-refractivity contribution in [3.05, 3.63) is 33.8 Å². The van der Waals surface area contributed by atoms with Gasteiger partial charge in [0.05, 0.1) is 18.8 Å². The minimum Gasteiger partial charge on any atom is -0.386 e. The molecule has 1 aromatic rings. The average Bonchev–Trinajstić information content (AvgIpc) is 2.45. The third kappa shape index (κ3) is 4.72. The van der Waals surface area contributed by atoms with Gasteiger partial charge in [-0.15, -0.1) is 12.4 Å². The lowest BCUT2D eigenvalue weighted by Crippen LogP contribution is -2.55. The first-order chi connectivity index (χ1) is 10.0. The molecule has 0 radical (unpaired) electrons. The Morgan fingerprint density at radius 3 is 2.73 bits per heavy atom. The molecule has 5 nitrogen and oxygen atoms in total. The molecule has 0 saturated carbocycles. The lowest BCUT2D eigenvalue weighted by Gasteiger charge is -2.29. The van der Waals surface area contributed by atoms with Gasteiger partial charge in [-0.1, -0.05) is 29.3 Å². The summed E-state index contributed by atoms with van der Waals surface area (Å²) in [6, 6.07) is 4.57. The summed E-state index contributed by atoms with van der Waals surface area (Å²) in [4.78, 5) is 12.1. The summed E-state index contributed by atoms with van der Waals surface area (Å²) in [5.74, 6) is -0.218. The molecule has 3 N–H and O–H groups in total. The quantitative estimate of drug-likeness (QED) is 0.758. The molecule has 0 aromatic heterocycles. The summed E-state index contributed by atoms with van der Waals surface area (Å²) in [5, 5.41) is 16.7. The van der Waals surface area contributed by atoms with Gasteiger partial charge in [0.25, 0.3) is 0 Å². The topological polar surface area (TPSA) is 70.6 Å². The molecule has 8 heteroatoms. The first-order valence-corrected chi connectivity index (χ1v) is 7.51. The molecule has 3 atom stereocenters. The number of halogens is 3. The van der Waals surface area contributed by atoms with Crippen molar-refractivity contribution >= 4 is 41.5 Å². The summed E-state index contributed by atoms with van der Waals surface area (Å²) in [5.41, 5.74) is 0.419. The van der Waals surface area contributed by atoms with Gasteiger partial charge in [-0.3, -0.25) is 4.79 Å². The molecule has 2 rings (SSSR count). The molecule has 1 aliphatic heterocycles. The molecule has 1 heterocycles. The highest BCUT2D eigenvalue weighted by Crippen LogP contribution is 2.29. The molecule has 1 amide bonds. The van der Waals surface area contributed by atoms with Crippen LogP contribution in [0.3, 0.4) is 0 Å². The van der Waals surface area contributed by atoms with Gasteiger partial charge in [-0.05, 0) is 19.1 Å². The fraction of sp³-hybridized carbons (Fsp3) is 0.500. The molecule has 0 aliphatic carbocycles. The van der Waals surface area contributed by atoms with E-state index < -0.39 is 12.1 Å². The number of amides is 1. The monoisotopic (exact) mass is 368 g/mol. The summed E-state index contributed by atoms with van der Waals surface area (Å²) >= 11 is 12.0. The predicted molar refractivity (Wildman–Crippen MR) is 88.9 cm³/mol. The molecule has 0 spiro atoms. The van der Waals surface area contributed by atoms with Crippen LogP contribution in [-0.4, -0.2) is 42.9 Å². The Labute approximate surface area is 145 Å². The van der Waals surface area contributed by atoms with E-state index in [4.69, 9.17) is 27.9 Å². The Morgan fingerprint density at radius 2 is 2.14 bits per heavy atom. The number of hydrogen-bond acceptors (Lipinski definition) is 4. The number of ether oxygens (including phenoxy) is 1. The van der Waals surface area contributed by atoms with Gasteiger partial charge in [0.15, 0.2) is 0 Å². The number of aliphatic hydroxyl groups excluding tert-OH is 1.